The summed E-state index contributed by atoms with van der Waals surface area (Å²) in [6.07, 6.45) is 1.56. The van der Waals surface area contributed by atoms with E-state index in [-0.39, 0.29) is 30.0 Å². The van der Waals surface area contributed by atoms with E-state index in [0.717, 1.165) is 0 Å². The molecule has 1 aromatic carbocycles. The van der Waals surface area contributed by atoms with Gasteiger partial charge < -0.3 is 10.6 Å². The highest BCUT2D eigenvalue weighted by Crippen LogP contribution is 2.18. The molecule has 1 amide bonds. The maximum absolute atomic E-state index is 11.9. The molecule has 2 N–H and O–H groups in total. The SMILES string of the molecule is CNC(C)CNC(=O)c1cn(-c2ccccc2Cl)nn1.Cl. The van der Waals surface area contributed by atoms with Crippen LogP contribution in [0.25, 0.3) is 5.69 Å². The first-order valence-corrected chi connectivity index (χ1v) is 6.62. The van der Waals surface area contributed by atoms with Crippen LogP contribution in [0.3, 0.4) is 0 Å². The van der Waals surface area contributed by atoms with Gasteiger partial charge in [0, 0.05) is 12.6 Å². The zero-order chi connectivity index (χ0) is 14.5. The van der Waals surface area contributed by atoms with Gasteiger partial charge in [-0.2, -0.15) is 0 Å². The van der Waals surface area contributed by atoms with Gasteiger partial charge in [-0.1, -0.05) is 28.9 Å². The van der Waals surface area contributed by atoms with Gasteiger partial charge in [-0.25, -0.2) is 4.68 Å². The summed E-state index contributed by atoms with van der Waals surface area (Å²) >= 11 is 6.07. The van der Waals surface area contributed by atoms with Crippen LogP contribution in [0.1, 0.15) is 17.4 Å². The fourth-order valence-corrected chi connectivity index (χ4v) is 1.78. The van der Waals surface area contributed by atoms with Crippen LogP contribution in [-0.2, 0) is 0 Å². The predicted octanol–water partition coefficient (Wildman–Crippen LogP) is 1.68. The van der Waals surface area contributed by atoms with E-state index in [2.05, 4.69) is 20.9 Å². The van der Waals surface area contributed by atoms with Crippen molar-refractivity contribution in [2.24, 2.45) is 0 Å². The lowest BCUT2D eigenvalue weighted by Gasteiger charge is -2.09. The third kappa shape index (κ3) is 4.42. The Labute approximate surface area is 134 Å². The van der Waals surface area contributed by atoms with Crippen LogP contribution >= 0.6 is 24.0 Å². The smallest absolute Gasteiger partial charge is 0.273 e. The number of halogens is 2. The van der Waals surface area contributed by atoms with Crippen LogP contribution < -0.4 is 10.6 Å². The minimum atomic E-state index is -0.259. The van der Waals surface area contributed by atoms with E-state index in [4.69, 9.17) is 11.6 Å². The number of hydrogen-bond acceptors (Lipinski definition) is 4. The highest BCUT2D eigenvalue weighted by Gasteiger charge is 2.13. The average molecular weight is 330 g/mol. The molecule has 0 radical (unpaired) electrons. The zero-order valence-electron chi connectivity index (χ0n) is 11.7. The molecule has 2 rings (SSSR count). The Bertz CT molecular complexity index is 602. The number of carbonyl (C=O) groups is 1. The molecule has 6 nitrogen and oxygen atoms in total. The van der Waals surface area contributed by atoms with Gasteiger partial charge in [-0.15, -0.1) is 17.5 Å². The molecule has 0 saturated heterocycles. The van der Waals surface area contributed by atoms with Crippen LogP contribution in [-0.4, -0.2) is 40.5 Å². The molecule has 0 aliphatic heterocycles. The van der Waals surface area contributed by atoms with Crippen molar-refractivity contribution in [1.29, 1.82) is 0 Å². The number of nitrogens with one attached hydrogen (secondary N) is 2. The lowest BCUT2D eigenvalue weighted by atomic mass is 10.3. The van der Waals surface area contributed by atoms with Crippen LogP contribution in [0.15, 0.2) is 30.5 Å². The monoisotopic (exact) mass is 329 g/mol. The Balaban J connectivity index is 0.00000220. The molecule has 1 unspecified atom stereocenters. The van der Waals surface area contributed by atoms with E-state index in [1.807, 2.05) is 32.2 Å². The van der Waals surface area contributed by atoms with E-state index < -0.39 is 0 Å². The van der Waals surface area contributed by atoms with Gasteiger partial charge in [0.15, 0.2) is 5.69 Å². The number of aromatic nitrogens is 3. The number of carbonyl (C=O) groups excluding carboxylic acids is 1. The Kier molecular flexibility index (Phi) is 6.61. The molecule has 0 saturated carbocycles. The molecule has 0 aliphatic carbocycles. The normalized spacial score (nSPS) is 11.6. The lowest BCUT2D eigenvalue weighted by Crippen LogP contribution is -2.37. The van der Waals surface area contributed by atoms with Crippen LogP contribution in [0.5, 0.6) is 0 Å². The minimum absolute atomic E-state index is 0. The molecule has 1 aromatic heterocycles. The van der Waals surface area contributed by atoms with Crippen molar-refractivity contribution in [3.05, 3.63) is 41.2 Å². The summed E-state index contributed by atoms with van der Waals surface area (Å²) in [4.78, 5) is 11.9. The van der Waals surface area contributed by atoms with E-state index in [1.165, 1.54) is 4.68 Å². The van der Waals surface area contributed by atoms with Gasteiger partial charge in [0.05, 0.1) is 16.9 Å². The average Bonchev–Trinajstić information content (AvgIpc) is 2.94. The first-order chi connectivity index (χ1) is 9.61. The van der Waals surface area contributed by atoms with Crippen molar-refractivity contribution in [3.8, 4) is 5.69 Å². The number of para-hydroxylation sites is 1. The highest BCUT2D eigenvalue weighted by atomic mass is 35.5. The minimum Gasteiger partial charge on any atom is -0.349 e. The Morgan fingerprint density at radius 2 is 2.14 bits per heavy atom. The van der Waals surface area contributed by atoms with Gasteiger partial charge in [-0.05, 0) is 26.1 Å². The summed E-state index contributed by atoms with van der Waals surface area (Å²) < 4.78 is 1.48. The number of amides is 1. The standard InChI is InChI=1S/C13H16ClN5O.ClH/c1-9(15-2)7-16-13(20)11-8-19(18-17-11)12-6-4-3-5-10(12)14;/h3-6,8-9,15H,7H2,1-2H3,(H,16,20);1H. The molecular formula is C13H17Cl2N5O. The van der Waals surface area contributed by atoms with E-state index >= 15 is 0 Å². The molecule has 8 heteroatoms. The molecule has 114 valence electrons. The summed E-state index contributed by atoms with van der Waals surface area (Å²) in [6.45, 7) is 2.50. The van der Waals surface area contributed by atoms with Crippen molar-refractivity contribution in [2.75, 3.05) is 13.6 Å². The van der Waals surface area contributed by atoms with Gasteiger partial charge in [-0.3, -0.25) is 4.79 Å². The predicted molar refractivity (Wildman–Crippen MR) is 84.5 cm³/mol. The highest BCUT2D eigenvalue weighted by molar-refractivity contribution is 6.32. The fourth-order valence-electron chi connectivity index (χ4n) is 1.56. The number of nitrogens with zero attached hydrogens (tertiary/aromatic N) is 3. The maximum Gasteiger partial charge on any atom is 0.273 e. The molecule has 1 heterocycles. The van der Waals surface area contributed by atoms with Crippen LogP contribution in [0.4, 0.5) is 0 Å². The van der Waals surface area contributed by atoms with Crippen LogP contribution in [0.2, 0.25) is 5.02 Å². The Morgan fingerprint density at radius 3 is 2.81 bits per heavy atom. The molecule has 0 aliphatic rings. The second-order valence-electron chi connectivity index (χ2n) is 4.40. The van der Waals surface area contributed by atoms with E-state index in [0.29, 0.717) is 17.3 Å². The van der Waals surface area contributed by atoms with E-state index in [1.54, 1.807) is 12.3 Å². The van der Waals surface area contributed by atoms with Crippen molar-refractivity contribution in [2.45, 2.75) is 13.0 Å². The largest absolute Gasteiger partial charge is 0.349 e. The third-order valence-corrected chi connectivity index (χ3v) is 3.21. The summed E-state index contributed by atoms with van der Waals surface area (Å²) in [5, 5.41) is 14.1. The van der Waals surface area contributed by atoms with Crippen molar-refractivity contribution >= 4 is 29.9 Å². The first kappa shape index (κ1) is 17.4. The first-order valence-electron chi connectivity index (χ1n) is 6.24. The van der Waals surface area contributed by atoms with Crippen molar-refractivity contribution in [1.82, 2.24) is 25.6 Å². The zero-order valence-corrected chi connectivity index (χ0v) is 13.3. The van der Waals surface area contributed by atoms with Crippen molar-refractivity contribution < 1.29 is 4.79 Å². The molecule has 0 fully saturated rings. The molecule has 2 aromatic rings. The maximum atomic E-state index is 11.9. The third-order valence-electron chi connectivity index (χ3n) is 2.89. The fraction of sp³-hybridized carbons (Fsp3) is 0.308. The summed E-state index contributed by atoms with van der Waals surface area (Å²) in [5.41, 5.74) is 0.942. The quantitative estimate of drug-likeness (QED) is 0.875. The number of hydrogen-bond donors (Lipinski definition) is 2. The van der Waals surface area contributed by atoms with E-state index in [9.17, 15) is 4.79 Å². The second kappa shape index (κ2) is 7.97. The molecular weight excluding hydrogens is 313 g/mol. The number of rotatable bonds is 5. The topological polar surface area (TPSA) is 71.8 Å². The Hall–Kier alpha value is -1.63. The summed E-state index contributed by atoms with van der Waals surface area (Å²) in [7, 11) is 1.84. The number of likely N-dealkylation sites (N-methyl/N-ethyl adjacent to an activating group) is 1. The molecule has 0 bridgehead atoms. The van der Waals surface area contributed by atoms with Crippen LogP contribution in [0, 0.1) is 0 Å². The summed E-state index contributed by atoms with van der Waals surface area (Å²) in [6, 6.07) is 7.43. The second-order valence-corrected chi connectivity index (χ2v) is 4.81. The van der Waals surface area contributed by atoms with Gasteiger partial charge >= 0.3 is 0 Å². The lowest BCUT2D eigenvalue weighted by molar-refractivity contribution is 0.0945. The number of benzene rings is 1. The van der Waals surface area contributed by atoms with Gasteiger partial charge in [0.2, 0.25) is 0 Å². The molecule has 1 atom stereocenters. The van der Waals surface area contributed by atoms with Gasteiger partial charge in [0.25, 0.3) is 5.91 Å². The van der Waals surface area contributed by atoms with Crippen molar-refractivity contribution in [3.63, 3.8) is 0 Å². The van der Waals surface area contributed by atoms with Gasteiger partial charge in [0.1, 0.15) is 0 Å². The molecule has 21 heavy (non-hydrogen) atoms. The molecule has 0 spiro atoms. The summed E-state index contributed by atoms with van der Waals surface area (Å²) in [5.74, 6) is -0.259. The Morgan fingerprint density at radius 1 is 1.43 bits per heavy atom.